The molecule has 0 amide bonds. The molecule has 3 atom stereocenters. The van der Waals surface area contributed by atoms with E-state index in [1.54, 1.807) is 6.07 Å². The molecule has 1 aromatic rings. The normalized spacial score (nSPS) is 28.4. The molecule has 1 aliphatic heterocycles. The van der Waals surface area contributed by atoms with Gasteiger partial charge < -0.3 is 9.74 Å². The lowest BCUT2D eigenvalue weighted by molar-refractivity contribution is -0.908. The van der Waals surface area contributed by atoms with Crippen molar-refractivity contribution in [1.82, 2.24) is 0 Å². The number of carbonyl (C=O) groups excluding carboxylic acids is 1. The molecule has 0 aliphatic carbocycles. The lowest BCUT2D eigenvalue weighted by Gasteiger charge is -2.31. The number of aryl methyl sites for hydroxylation is 1. The van der Waals surface area contributed by atoms with Crippen molar-refractivity contribution in [1.29, 1.82) is 0 Å². The summed E-state index contributed by atoms with van der Waals surface area (Å²) in [5, 5.41) is 4.11. The van der Waals surface area contributed by atoms with Crippen LogP contribution in [-0.2, 0) is 4.84 Å². The lowest BCUT2D eigenvalue weighted by atomic mass is 9.93. The standard InChI is InChI=1S/C16H22N2O2/c1-11-6-5-7-14(8-11)16(19)20-17-15-9-13(3)18(4)10-12(15)2/h5-8,12-13H,9-10H2,1-4H3/p+1/b17-15-/t12-,13+/m1/s1. The second-order valence-corrected chi connectivity index (χ2v) is 5.89. The summed E-state index contributed by atoms with van der Waals surface area (Å²) in [6.45, 7) is 7.31. The number of rotatable bonds is 2. The van der Waals surface area contributed by atoms with Crippen molar-refractivity contribution < 1.29 is 14.5 Å². The molecule has 1 aromatic carbocycles. The largest absolute Gasteiger partial charge is 0.365 e. The summed E-state index contributed by atoms with van der Waals surface area (Å²) in [4.78, 5) is 18.6. The molecule has 20 heavy (non-hydrogen) atoms. The maximum absolute atomic E-state index is 12.0. The van der Waals surface area contributed by atoms with Gasteiger partial charge in [0.15, 0.2) is 0 Å². The first-order valence-electron chi connectivity index (χ1n) is 7.14. The fourth-order valence-corrected chi connectivity index (χ4v) is 2.54. The number of carbonyl (C=O) groups is 1. The maximum Gasteiger partial charge on any atom is 0.365 e. The molecule has 0 aromatic heterocycles. The Balaban J connectivity index is 2.03. The predicted octanol–water partition coefficient (Wildman–Crippen LogP) is 1.45. The average molecular weight is 275 g/mol. The molecule has 4 heteroatoms. The van der Waals surface area contributed by atoms with E-state index in [0.717, 1.165) is 24.2 Å². The van der Waals surface area contributed by atoms with Crippen molar-refractivity contribution in [2.75, 3.05) is 13.6 Å². The summed E-state index contributed by atoms with van der Waals surface area (Å²) in [5.41, 5.74) is 2.58. The zero-order valence-electron chi connectivity index (χ0n) is 12.6. The summed E-state index contributed by atoms with van der Waals surface area (Å²) in [5.74, 6) is -0.0242. The maximum atomic E-state index is 12.0. The zero-order valence-corrected chi connectivity index (χ0v) is 12.6. The van der Waals surface area contributed by atoms with Gasteiger partial charge >= 0.3 is 5.97 Å². The van der Waals surface area contributed by atoms with E-state index in [1.165, 1.54) is 4.90 Å². The predicted molar refractivity (Wildman–Crippen MR) is 79.0 cm³/mol. The van der Waals surface area contributed by atoms with Crippen LogP contribution in [0.4, 0.5) is 0 Å². The Morgan fingerprint density at radius 1 is 1.40 bits per heavy atom. The summed E-state index contributed by atoms with van der Waals surface area (Å²) in [7, 11) is 2.19. The van der Waals surface area contributed by atoms with E-state index >= 15 is 0 Å². The number of hydrogen-bond acceptors (Lipinski definition) is 3. The van der Waals surface area contributed by atoms with E-state index in [-0.39, 0.29) is 5.97 Å². The molecule has 1 fully saturated rings. The summed E-state index contributed by atoms with van der Waals surface area (Å²) < 4.78 is 0. The van der Waals surface area contributed by atoms with Crippen LogP contribution in [0.1, 0.15) is 36.2 Å². The summed E-state index contributed by atoms with van der Waals surface area (Å²) in [6, 6.07) is 7.88. The summed E-state index contributed by atoms with van der Waals surface area (Å²) in [6.07, 6.45) is 0.883. The minimum Gasteiger partial charge on any atom is -0.334 e. The second-order valence-electron chi connectivity index (χ2n) is 5.89. The zero-order chi connectivity index (χ0) is 14.7. The number of nitrogens with one attached hydrogen (secondary N) is 1. The molecule has 4 nitrogen and oxygen atoms in total. The molecular formula is C16H23N2O2+. The number of hydrogen-bond donors (Lipinski definition) is 1. The van der Waals surface area contributed by atoms with Crippen LogP contribution >= 0.6 is 0 Å². The fraction of sp³-hybridized carbons (Fsp3) is 0.500. The molecule has 1 aliphatic rings. The van der Waals surface area contributed by atoms with Gasteiger partial charge in [0.05, 0.1) is 30.9 Å². The number of oxime groups is 1. The molecule has 2 rings (SSSR count). The van der Waals surface area contributed by atoms with Gasteiger partial charge in [-0.2, -0.15) is 0 Å². The van der Waals surface area contributed by atoms with Gasteiger partial charge in [-0.3, -0.25) is 0 Å². The van der Waals surface area contributed by atoms with Crippen LogP contribution in [0.25, 0.3) is 0 Å². The third-order valence-electron chi connectivity index (χ3n) is 4.05. The van der Waals surface area contributed by atoms with Crippen LogP contribution in [0.3, 0.4) is 0 Å². The van der Waals surface area contributed by atoms with Crippen LogP contribution in [-0.4, -0.2) is 31.3 Å². The molecule has 1 N–H and O–H groups in total. The van der Waals surface area contributed by atoms with E-state index in [9.17, 15) is 4.79 Å². The highest BCUT2D eigenvalue weighted by molar-refractivity contribution is 5.91. The van der Waals surface area contributed by atoms with Gasteiger partial charge in [-0.1, -0.05) is 29.8 Å². The first-order valence-corrected chi connectivity index (χ1v) is 7.14. The van der Waals surface area contributed by atoms with E-state index in [2.05, 4.69) is 26.1 Å². The van der Waals surface area contributed by atoms with Gasteiger partial charge in [0.1, 0.15) is 0 Å². The molecule has 1 saturated heterocycles. The SMILES string of the molecule is Cc1cccc(C(=O)O/N=C2/C[C@H](C)[NH+](C)C[C@H]2C)c1. The first-order chi connectivity index (χ1) is 9.47. The van der Waals surface area contributed by atoms with Gasteiger partial charge in [0.2, 0.25) is 0 Å². The van der Waals surface area contributed by atoms with Crippen LogP contribution in [0.5, 0.6) is 0 Å². The van der Waals surface area contributed by atoms with E-state index in [0.29, 0.717) is 17.5 Å². The monoisotopic (exact) mass is 275 g/mol. The summed E-state index contributed by atoms with van der Waals surface area (Å²) >= 11 is 0. The van der Waals surface area contributed by atoms with Gasteiger partial charge in [-0.15, -0.1) is 0 Å². The molecule has 0 saturated carbocycles. The van der Waals surface area contributed by atoms with Crippen molar-refractivity contribution in [2.24, 2.45) is 11.1 Å². The van der Waals surface area contributed by atoms with Crippen LogP contribution in [0.2, 0.25) is 0 Å². The van der Waals surface area contributed by atoms with Crippen molar-refractivity contribution in [3.63, 3.8) is 0 Å². The fourth-order valence-electron chi connectivity index (χ4n) is 2.54. The first kappa shape index (κ1) is 14.7. The van der Waals surface area contributed by atoms with Crippen LogP contribution in [0.15, 0.2) is 29.4 Å². The third kappa shape index (κ3) is 3.45. The second kappa shape index (κ2) is 6.18. The van der Waals surface area contributed by atoms with Crippen molar-refractivity contribution in [3.05, 3.63) is 35.4 Å². The van der Waals surface area contributed by atoms with E-state index < -0.39 is 0 Å². The number of nitrogens with zero attached hydrogens (tertiary/aromatic N) is 1. The van der Waals surface area contributed by atoms with Crippen molar-refractivity contribution >= 4 is 11.7 Å². The Labute approximate surface area is 120 Å². The topological polar surface area (TPSA) is 43.1 Å². The highest BCUT2D eigenvalue weighted by atomic mass is 16.7. The van der Waals surface area contributed by atoms with Crippen molar-refractivity contribution in [3.8, 4) is 0 Å². The third-order valence-corrected chi connectivity index (χ3v) is 4.05. The molecule has 1 heterocycles. The van der Waals surface area contributed by atoms with Gasteiger partial charge in [-0.25, -0.2) is 4.79 Å². The Morgan fingerprint density at radius 2 is 2.15 bits per heavy atom. The number of piperidine rings is 1. The minimum atomic E-state index is -0.382. The molecule has 108 valence electrons. The molecule has 0 spiro atoms. The van der Waals surface area contributed by atoms with E-state index in [4.69, 9.17) is 4.84 Å². The lowest BCUT2D eigenvalue weighted by Crippen LogP contribution is -3.14. The van der Waals surface area contributed by atoms with Gasteiger partial charge in [0, 0.05) is 12.3 Å². The Kier molecular flexibility index (Phi) is 4.55. The number of benzene rings is 1. The Morgan fingerprint density at radius 3 is 2.85 bits per heavy atom. The number of likely N-dealkylation sites (tertiary alicyclic amines) is 1. The average Bonchev–Trinajstić information content (AvgIpc) is 2.41. The van der Waals surface area contributed by atoms with Crippen LogP contribution in [0, 0.1) is 12.8 Å². The van der Waals surface area contributed by atoms with Crippen molar-refractivity contribution in [2.45, 2.75) is 33.2 Å². The quantitative estimate of drug-likeness (QED) is 0.656. The van der Waals surface area contributed by atoms with E-state index in [1.807, 2.05) is 25.1 Å². The molecule has 0 bridgehead atoms. The van der Waals surface area contributed by atoms with Gasteiger partial charge in [0.25, 0.3) is 0 Å². The molecular weight excluding hydrogens is 252 g/mol. The highest BCUT2D eigenvalue weighted by Gasteiger charge is 2.29. The highest BCUT2D eigenvalue weighted by Crippen LogP contribution is 2.10. The molecule has 0 radical (unpaired) electrons. The smallest absolute Gasteiger partial charge is 0.334 e. The Hall–Kier alpha value is -1.68. The van der Waals surface area contributed by atoms with Crippen LogP contribution < -0.4 is 4.90 Å². The molecule has 1 unspecified atom stereocenters. The Bertz CT molecular complexity index is 525. The number of quaternary nitrogens is 1. The van der Waals surface area contributed by atoms with Gasteiger partial charge in [-0.05, 0) is 26.0 Å². The minimum absolute atomic E-state index is 0.358.